The predicted octanol–water partition coefficient (Wildman–Crippen LogP) is 1.87. The SMILES string of the molecule is C=C(NO)c1cnn2c(NC)cc(Nc3cccnc3OC)nc12. The van der Waals surface area contributed by atoms with Gasteiger partial charge in [-0.2, -0.15) is 9.61 Å². The van der Waals surface area contributed by atoms with Crippen molar-refractivity contribution in [1.29, 1.82) is 0 Å². The van der Waals surface area contributed by atoms with Crippen LogP contribution in [0.1, 0.15) is 5.56 Å². The molecule has 3 aromatic heterocycles. The lowest BCUT2D eigenvalue weighted by atomic mass is 10.3. The van der Waals surface area contributed by atoms with E-state index in [4.69, 9.17) is 9.94 Å². The molecule has 3 heterocycles. The van der Waals surface area contributed by atoms with Crippen molar-refractivity contribution in [3.05, 3.63) is 42.7 Å². The van der Waals surface area contributed by atoms with Gasteiger partial charge < -0.3 is 15.4 Å². The first kappa shape index (κ1) is 15.6. The molecule has 0 bridgehead atoms. The lowest BCUT2D eigenvalue weighted by Gasteiger charge is -2.12. The van der Waals surface area contributed by atoms with Gasteiger partial charge in [0.05, 0.1) is 24.6 Å². The molecular formula is C15H17N7O2. The van der Waals surface area contributed by atoms with Crippen molar-refractivity contribution >= 4 is 28.7 Å². The van der Waals surface area contributed by atoms with E-state index in [-0.39, 0.29) is 0 Å². The summed E-state index contributed by atoms with van der Waals surface area (Å²) in [5.74, 6) is 1.73. The number of pyridine rings is 1. The molecule has 0 fully saturated rings. The molecule has 0 amide bonds. The number of fused-ring (bicyclic) bond motifs is 1. The van der Waals surface area contributed by atoms with Gasteiger partial charge in [-0.15, -0.1) is 0 Å². The number of hydrogen-bond acceptors (Lipinski definition) is 8. The molecule has 24 heavy (non-hydrogen) atoms. The summed E-state index contributed by atoms with van der Waals surface area (Å²) < 4.78 is 6.85. The van der Waals surface area contributed by atoms with Gasteiger partial charge in [0, 0.05) is 19.3 Å². The molecular weight excluding hydrogens is 310 g/mol. The summed E-state index contributed by atoms with van der Waals surface area (Å²) in [7, 11) is 3.33. The van der Waals surface area contributed by atoms with Gasteiger partial charge in [0.25, 0.3) is 0 Å². The molecule has 0 unspecified atom stereocenters. The predicted molar refractivity (Wildman–Crippen MR) is 90.6 cm³/mol. The number of hydrogen-bond donors (Lipinski definition) is 4. The van der Waals surface area contributed by atoms with E-state index in [2.05, 4.69) is 32.3 Å². The average Bonchev–Trinajstić information content (AvgIpc) is 3.04. The van der Waals surface area contributed by atoms with Crippen LogP contribution in [0.2, 0.25) is 0 Å². The Balaban J connectivity index is 2.09. The highest BCUT2D eigenvalue weighted by molar-refractivity contribution is 5.76. The molecule has 124 valence electrons. The van der Waals surface area contributed by atoms with E-state index in [1.54, 1.807) is 43.2 Å². The van der Waals surface area contributed by atoms with Crippen LogP contribution in [0, 0.1) is 0 Å². The van der Waals surface area contributed by atoms with Gasteiger partial charge in [0.15, 0.2) is 5.65 Å². The van der Waals surface area contributed by atoms with Crippen LogP contribution in [0.5, 0.6) is 5.88 Å². The molecule has 3 aromatic rings. The van der Waals surface area contributed by atoms with Gasteiger partial charge in [0.2, 0.25) is 5.88 Å². The average molecular weight is 327 g/mol. The molecule has 0 radical (unpaired) electrons. The zero-order valence-electron chi connectivity index (χ0n) is 13.2. The smallest absolute Gasteiger partial charge is 0.237 e. The quantitative estimate of drug-likeness (QED) is 0.508. The molecule has 0 atom stereocenters. The van der Waals surface area contributed by atoms with Crippen molar-refractivity contribution in [3.8, 4) is 5.88 Å². The second kappa shape index (κ2) is 6.42. The van der Waals surface area contributed by atoms with Crippen LogP contribution in [0.25, 0.3) is 11.3 Å². The summed E-state index contributed by atoms with van der Waals surface area (Å²) in [6.07, 6.45) is 3.22. The Morgan fingerprint density at radius 2 is 2.25 bits per heavy atom. The standard InChI is InChI=1S/C15H17N7O2/c1-9(21-23)10-8-18-22-13(16-2)7-12(20-14(10)22)19-11-5-4-6-17-15(11)24-3/h4-8,16,21,23H,1H2,2-3H3,(H,19,20). The minimum absolute atomic E-state index is 0.302. The van der Waals surface area contributed by atoms with Crippen LogP contribution in [0.15, 0.2) is 37.2 Å². The molecule has 0 saturated carbocycles. The highest BCUT2D eigenvalue weighted by Gasteiger charge is 2.14. The van der Waals surface area contributed by atoms with Gasteiger partial charge in [0.1, 0.15) is 17.3 Å². The third-order valence-corrected chi connectivity index (χ3v) is 3.42. The van der Waals surface area contributed by atoms with Crippen molar-refractivity contribution in [2.45, 2.75) is 0 Å². The van der Waals surface area contributed by atoms with Crippen molar-refractivity contribution in [3.63, 3.8) is 0 Å². The number of ether oxygens (including phenoxy) is 1. The molecule has 0 aliphatic rings. The second-order valence-corrected chi connectivity index (χ2v) is 4.85. The Bertz CT molecular complexity index is 891. The normalized spacial score (nSPS) is 10.5. The van der Waals surface area contributed by atoms with Crippen molar-refractivity contribution < 1.29 is 9.94 Å². The number of methoxy groups -OCH3 is 1. The van der Waals surface area contributed by atoms with Gasteiger partial charge in [-0.05, 0) is 12.1 Å². The molecule has 0 aromatic carbocycles. The van der Waals surface area contributed by atoms with Crippen molar-refractivity contribution in [2.24, 2.45) is 0 Å². The van der Waals surface area contributed by atoms with E-state index < -0.39 is 0 Å². The fourth-order valence-electron chi connectivity index (χ4n) is 2.26. The third kappa shape index (κ3) is 2.68. The molecule has 3 rings (SSSR count). The third-order valence-electron chi connectivity index (χ3n) is 3.42. The number of rotatable bonds is 6. The molecule has 0 saturated heterocycles. The van der Waals surface area contributed by atoms with E-state index in [1.165, 1.54) is 0 Å². The van der Waals surface area contributed by atoms with E-state index in [0.717, 1.165) is 0 Å². The Morgan fingerprint density at radius 1 is 1.42 bits per heavy atom. The molecule has 0 aliphatic carbocycles. The van der Waals surface area contributed by atoms with Crippen LogP contribution in [0.4, 0.5) is 17.3 Å². The van der Waals surface area contributed by atoms with E-state index >= 15 is 0 Å². The molecule has 4 N–H and O–H groups in total. The summed E-state index contributed by atoms with van der Waals surface area (Å²) >= 11 is 0. The highest BCUT2D eigenvalue weighted by atomic mass is 16.5. The number of aromatic nitrogens is 4. The zero-order valence-corrected chi connectivity index (χ0v) is 13.2. The van der Waals surface area contributed by atoms with Gasteiger partial charge in [-0.3, -0.25) is 10.7 Å². The Hall–Kier alpha value is -3.33. The summed E-state index contributed by atoms with van der Waals surface area (Å²) in [5.41, 5.74) is 4.11. The lowest BCUT2D eigenvalue weighted by molar-refractivity contribution is 0.225. The fraction of sp³-hybridized carbons (Fsp3) is 0.133. The first-order valence-electron chi connectivity index (χ1n) is 7.10. The largest absolute Gasteiger partial charge is 0.480 e. The first-order valence-corrected chi connectivity index (χ1v) is 7.10. The van der Waals surface area contributed by atoms with Gasteiger partial charge >= 0.3 is 0 Å². The first-order chi connectivity index (χ1) is 11.7. The minimum Gasteiger partial charge on any atom is -0.480 e. The maximum absolute atomic E-state index is 9.09. The number of anilines is 3. The Morgan fingerprint density at radius 3 is 2.96 bits per heavy atom. The van der Waals surface area contributed by atoms with Crippen LogP contribution in [-0.2, 0) is 0 Å². The monoisotopic (exact) mass is 327 g/mol. The van der Waals surface area contributed by atoms with Gasteiger partial charge in [-0.25, -0.2) is 9.97 Å². The Labute approximate surface area is 138 Å². The lowest BCUT2D eigenvalue weighted by Crippen LogP contribution is -2.07. The van der Waals surface area contributed by atoms with Crippen LogP contribution in [0.3, 0.4) is 0 Å². The molecule has 9 nitrogen and oxygen atoms in total. The second-order valence-electron chi connectivity index (χ2n) is 4.85. The van der Waals surface area contributed by atoms with E-state index in [1.807, 2.05) is 11.5 Å². The van der Waals surface area contributed by atoms with Crippen LogP contribution < -0.4 is 20.9 Å². The minimum atomic E-state index is 0.302. The molecule has 0 aliphatic heterocycles. The molecule has 0 spiro atoms. The van der Waals surface area contributed by atoms with E-state index in [9.17, 15) is 0 Å². The summed E-state index contributed by atoms with van der Waals surface area (Å²) in [5, 5.41) is 19.6. The van der Waals surface area contributed by atoms with E-state index in [0.29, 0.717) is 40.1 Å². The Kier molecular flexibility index (Phi) is 4.17. The van der Waals surface area contributed by atoms with Gasteiger partial charge in [-0.1, -0.05) is 6.58 Å². The number of hydroxylamine groups is 1. The number of nitrogens with zero attached hydrogens (tertiary/aromatic N) is 4. The summed E-state index contributed by atoms with van der Waals surface area (Å²) in [4.78, 5) is 8.68. The topological polar surface area (TPSA) is 109 Å². The molecule has 9 heteroatoms. The van der Waals surface area contributed by atoms with Crippen molar-refractivity contribution in [1.82, 2.24) is 25.1 Å². The van der Waals surface area contributed by atoms with Crippen LogP contribution >= 0.6 is 0 Å². The number of nitrogens with one attached hydrogen (secondary N) is 3. The van der Waals surface area contributed by atoms with Crippen LogP contribution in [-0.4, -0.2) is 38.9 Å². The van der Waals surface area contributed by atoms with Crippen molar-refractivity contribution in [2.75, 3.05) is 24.8 Å². The summed E-state index contributed by atoms with van der Waals surface area (Å²) in [6.45, 7) is 3.74. The summed E-state index contributed by atoms with van der Waals surface area (Å²) in [6, 6.07) is 5.43. The zero-order chi connectivity index (χ0) is 17.1. The fourth-order valence-corrected chi connectivity index (χ4v) is 2.26. The maximum atomic E-state index is 9.09. The highest BCUT2D eigenvalue weighted by Crippen LogP contribution is 2.27. The maximum Gasteiger partial charge on any atom is 0.237 e.